The van der Waals surface area contributed by atoms with Gasteiger partial charge in [0.15, 0.2) is 11.6 Å². The van der Waals surface area contributed by atoms with Crippen molar-refractivity contribution in [1.82, 2.24) is 15.2 Å². The predicted octanol–water partition coefficient (Wildman–Crippen LogP) is 2.97. The minimum Gasteiger partial charge on any atom is -0.497 e. The molecule has 8 nitrogen and oxygen atoms in total. The van der Waals surface area contributed by atoms with Gasteiger partial charge in [0.05, 0.1) is 12.0 Å². The molecule has 122 valence electrons. The first kappa shape index (κ1) is 15.5. The van der Waals surface area contributed by atoms with Crippen molar-refractivity contribution >= 4 is 5.69 Å². The maximum absolute atomic E-state index is 10.6. The van der Waals surface area contributed by atoms with Gasteiger partial charge in [0.25, 0.3) is 5.69 Å². The third-order valence-electron chi connectivity index (χ3n) is 3.28. The first-order chi connectivity index (χ1) is 11.7. The topological polar surface area (TPSA) is 103 Å². The largest absolute Gasteiger partial charge is 0.497 e. The molecule has 0 aliphatic carbocycles. The van der Waals surface area contributed by atoms with Crippen molar-refractivity contribution in [3.8, 4) is 22.9 Å². The highest BCUT2D eigenvalue weighted by molar-refractivity contribution is 5.57. The summed E-state index contributed by atoms with van der Waals surface area (Å²) in [5.74, 6) is 2.32. The van der Waals surface area contributed by atoms with Gasteiger partial charge in [-0.3, -0.25) is 15.2 Å². The molecule has 2 aromatic carbocycles. The van der Waals surface area contributed by atoms with Crippen LogP contribution in [0.3, 0.4) is 0 Å². The summed E-state index contributed by atoms with van der Waals surface area (Å²) in [5.41, 5.74) is 0.842. The molecule has 0 saturated carbocycles. The van der Waals surface area contributed by atoms with E-state index < -0.39 is 4.92 Å². The summed E-state index contributed by atoms with van der Waals surface area (Å²) in [7, 11) is 1.60. The second-order valence-electron chi connectivity index (χ2n) is 4.88. The number of H-pyrrole nitrogens is 1. The maximum Gasteiger partial charge on any atom is 0.269 e. The monoisotopic (exact) mass is 326 g/mol. The molecule has 0 radical (unpaired) electrons. The third-order valence-corrected chi connectivity index (χ3v) is 3.28. The minimum absolute atomic E-state index is 0.0160. The smallest absolute Gasteiger partial charge is 0.269 e. The summed E-state index contributed by atoms with van der Waals surface area (Å²) < 4.78 is 10.7. The maximum atomic E-state index is 10.6. The number of hydrogen-bond donors (Lipinski definition) is 1. The number of nitrogens with zero attached hydrogens (tertiary/aromatic N) is 3. The number of ether oxygens (including phenoxy) is 2. The van der Waals surface area contributed by atoms with Crippen molar-refractivity contribution in [1.29, 1.82) is 0 Å². The summed E-state index contributed by atoms with van der Waals surface area (Å²) in [6.07, 6.45) is 0. The Kier molecular flexibility index (Phi) is 4.37. The van der Waals surface area contributed by atoms with Crippen molar-refractivity contribution in [2.75, 3.05) is 7.11 Å². The zero-order valence-electron chi connectivity index (χ0n) is 12.8. The van der Waals surface area contributed by atoms with Crippen LogP contribution in [-0.2, 0) is 6.61 Å². The Balaban J connectivity index is 1.66. The van der Waals surface area contributed by atoms with Crippen molar-refractivity contribution in [3.05, 3.63) is 64.5 Å². The molecule has 0 aliphatic heterocycles. The van der Waals surface area contributed by atoms with Gasteiger partial charge in [-0.2, -0.15) is 5.10 Å². The predicted molar refractivity (Wildman–Crippen MR) is 85.8 cm³/mol. The van der Waals surface area contributed by atoms with Gasteiger partial charge in [-0.25, -0.2) is 4.98 Å². The van der Waals surface area contributed by atoms with Crippen LogP contribution in [0, 0.1) is 10.1 Å². The molecule has 0 atom stereocenters. The number of non-ortho nitro benzene ring substituents is 1. The molecule has 1 N–H and O–H groups in total. The molecule has 3 rings (SSSR count). The quantitative estimate of drug-likeness (QED) is 0.552. The lowest BCUT2D eigenvalue weighted by atomic mass is 10.2. The first-order valence-electron chi connectivity index (χ1n) is 7.08. The van der Waals surface area contributed by atoms with E-state index in [0.717, 1.165) is 11.3 Å². The highest BCUT2D eigenvalue weighted by Gasteiger charge is 2.08. The van der Waals surface area contributed by atoms with Crippen molar-refractivity contribution < 1.29 is 14.4 Å². The molecule has 8 heteroatoms. The summed E-state index contributed by atoms with van der Waals surface area (Å²) >= 11 is 0. The van der Waals surface area contributed by atoms with Crippen LogP contribution in [0.4, 0.5) is 5.69 Å². The molecule has 0 aliphatic rings. The average Bonchev–Trinajstić information content (AvgIpc) is 3.09. The molecule has 0 unspecified atom stereocenters. The summed E-state index contributed by atoms with van der Waals surface area (Å²) in [6.45, 7) is 0.175. The van der Waals surface area contributed by atoms with Gasteiger partial charge in [-0.15, -0.1) is 0 Å². The van der Waals surface area contributed by atoms with Crippen LogP contribution in [0.15, 0.2) is 48.5 Å². The average molecular weight is 326 g/mol. The van der Waals surface area contributed by atoms with E-state index in [9.17, 15) is 10.1 Å². The van der Waals surface area contributed by atoms with Crippen LogP contribution in [0.5, 0.6) is 11.5 Å². The SMILES string of the molecule is COc1cccc(-c2n[nH]c(COc3ccc([N+](=O)[O-])cc3)n2)c1. The van der Waals surface area contributed by atoms with E-state index in [-0.39, 0.29) is 12.3 Å². The summed E-state index contributed by atoms with van der Waals surface area (Å²) in [4.78, 5) is 14.5. The van der Waals surface area contributed by atoms with Crippen LogP contribution in [0.25, 0.3) is 11.4 Å². The fourth-order valence-corrected chi connectivity index (χ4v) is 2.07. The number of aromatic amines is 1. The zero-order valence-corrected chi connectivity index (χ0v) is 12.8. The van der Waals surface area contributed by atoms with Crippen molar-refractivity contribution in [2.24, 2.45) is 0 Å². The molecule has 1 aromatic heterocycles. The molecule has 0 spiro atoms. The molecule has 0 bridgehead atoms. The first-order valence-corrected chi connectivity index (χ1v) is 7.08. The molecule has 3 aromatic rings. The van der Waals surface area contributed by atoms with Crippen LogP contribution in [0.2, 0.25) is 0 Å². The van der Waals surface area contributed by atoms with Crippen LogP contribution in [0.1, 0.15) is 5.82 Å². The second kappa shape index (κ2) is 6.78. The van der Waals surface area contributed by atoms with Gasteiger partial charge in [0.2, 0.25) is 0 Å². The Labute approximate surface area is 137 Å². The summed E-state index contributed by atoms with van der Waals surface area (Å²) in [5, 5.41) is 17.6. The van der Waals surface area contributed by atoms with Gasteiger partial charge in [0, 0.05) is 17.7 Å². The summed E-state index contributed by atoms with van der Waals surface area (Å²) in [6, 6.07) is 13.3. The Bertz CT molecular complexity index is 845. The van der Waals surface area contributed by atoms with E-state index in [1.807, 2.05) is 24.3 Å². The third kappa shape index (κ3) is 3.49. The Morgan fingerprint density at radius 3 is 2.67 bits per heavy atom. The molecule has 0 saturated heterocycles. The van der Waals surface area contributed by atoms with Crippen molar-refractivity contribution in [2.45, 2.75) is 6.61 Å². The number of nitro groups is 1. The van der Waals surface area contributed by atoms with Gasteiger partial charge < -0.3 is 9.47 Å². The van der Waals surface area contributed by atoms with E-state index in [0.29, 0.717) is 17.4 Å². The highest BCUT2D eigenvalue weighted by Crippen LogP contribution is 2.21. The molecule has 0 amide bonds. The Morgan fingerprint density at radius 1 is 1.17 bits per heavy atom. The van der Waals surface area contributed by atoms with E-state index in [1.54, 1.807) is 7.11 Å². The molecular formula is C16H14N4O4. The number of benzene rings is 2. The molecular weight excluding hydrogens is 312 g/mol. The normalized spacial score (nSPS) is 10.4. The number of nitro benzene ring substituents is 1. The van der Waals surface area contributed by atoms with Crippen LogP contribution >= 0.6 is 0 Å². The number of methoxy groups -OCH3 is 1. The van der Waals surface area contributed by atoms with Gasteiger partial charge in [-0.05, 0) is 24.3 Å². The van der Waals surface area contributed by atoms with Gasteiger partial charge in [0.1, 0.15) is 18.1 Å². The lowest BCUT2D eigenvalue weighted by Gasteiger charge is -2.03. The highest BCUT2D eigenvalue weighted by atomic mass is 16.6. The lowest BCUT2D eigenvalue weighted by Crippen LogP contribution is -1.98. The van der Waals surface area contributed by atoms with Gasteiger partial charge >= 0.3 is 0 Å². The van der Waals surface area contributed by atoms with Gasteiger partial charge in [-0.1, -0.05) is 12.1 Å². The number of nitrogens with one attached hydrogen (secondary N) is 1. The molecule has 1 heterocycles. The molecule has 24 heavy (non-hydrogen) atoms. The van der Waals surface area contributed by atoms with E-state index in [4.69, 9.17) is 9.47 Å². The lowest BCUT2D eigenvalue weighted by molar-refractivity contribution is -0.384. The number of hydrogen-bond acceptors (Lipinski definition) is 6. The minimum atomic E-state index is -0.458. The Hall–Kier alpha value is -3.42. The number of aromatic nitrogens is 3. The Morgan fingerprint density at radius 2 is 1.96 bits per heavy atom. The number of rotatable bonds is 6. The zero-order chi connectivity index (χ0) is 16.9. The second-order valence-corrected chi connectivity index (χ2v) is 4.88. The van der Waals surface area contributed by atoms with Crippen LogP contribution < -0.4 is 9.47 Å². The van der Waals surface area contributed by atoms with Crippen molar-refractivity contribution in [3.63, 3.8) is 0 Å². The van der Waals surface area contributed by atoms with Crippen LogP contribution in [-0.4, -0.2) is 27.2 Å². The fourth-order valence-electron chi connectivity index (χ4n) is 2.07. The standard InChI is InChI=1S/C16H14N4O4/c1-23-14-4-2-3-11(9-14)16-17-15(18-19-16)10-24-13-7-5-12(6-8-13)20(21)22/h2-9H,10H2,1H3,(H,17,18,19). The van der Waals surface area contributed by atoms with E-state index >= 15 is 0 Å². The van der Waals surface area contributed by atoms with E-state index in [2.05, 4.69) is 15.2 Å². The molecule has 0 fully saturated rings. The van der Waals surface area contributed by atoms with E-state index in [1.165, 1.54) is 24.3 Å². The fraction of sp³-hybridized carbons (Fsp3) is 0.125.